The van der Waals surface area contributed by atoms with Crippen LogP contribution in [0.4, 0.5) is 27.9 Å². The summed E-state index contributed by atoms with van der Waals surface area (Å²) in [6, 6.07) is 13.2. The molecule has 1 unspecified atom stereocenters. The molecule has 0 bridgehead atoms. The maximum Gasteiger partial charge on any atom is 0.330 e. The van der Waals surface area contributed by atoms with Gasteiger partial charge in [-0.15, -0.1) is 0 Å². The van der Waals surface area contributed by atoms with Crippen molar-refractivity contribution in [3.8, 4) is 11.5 Å². The topological polar surface area (TPSA) is 92.3 Å². The predicted molar refractivity (Wildman–Crippen MR) is 143 cm³/mol. The number of carbonyl (C=O) groups excluding carboxylic acids is 1. The number of para-hydroxylation sites is 1. The molecule has 37 heavy (non-hydrogen) atoms. The van der Waals surface area contributed by atoms with E-state index in [0.29, 0.717) is 36.4 Å². The molecule has 0 aliphatic carbocycles. The van der Waals surface area contributed by atoms with Gasteiger partial charge in [0.05, 0.1) is 25.4 Å². The summed E-state index contributed by atoms with van der Waals surface area (Å²) < 4.78 is 18.5. The van der Waals surface area contributed by atoms with Crippen LogP contribution in [0.3, 0.4) is 0 Å². The number of amides is 2. The summed E-state index contributed by atoms with van der Waals surface area (Å²) in [6.45, 7) is 5.01. The summed E-state index contributed by atoms with van der Waals surface area (Å²) in [5.74, 6) is 2.37. The molecule has 0 spiro atoms. The van der Waals surface area contributed by atoms with Gasteiger partial charge in [-0.05, 0) is 40.2 Å². The van der Waals surface area contributed by atoms with Crippen LogP contribution in [0.25, 0.3) is 0 Å². The quantitative estimate of drug-likeness (QED) is 0.495. The van der Waals surface area contributed by atoms with Crippen molar-refractivity contribution in [3.05, 3.63) is 58.7 Å². The van der Waals surface area contributed by atoms with Crippen LogP contribution >= 0.6 is 15.9 Å². The number of nitrogens with one attached hydrogen (secondary N) is 1. The number of aromatic nitrogens is 2. The number of halogens is 1. The highest BCUT2D eigenvalue weighted by atomic mass is 79.9. The average molecular weight is 567 g/mol. The Morgan fingerprint density at radius 2 is 1.97 bits per heavy atom. The van der Waals surface area contributed by atoms with Gasteiger partial charge in [0, 0.05) is 54.7 Å². The third-order valence-electron chi connectivity index (χ3n) is 6.63. The fourth-order valence-corrected chi connectivity index (χ4v) is 5.21. The molecule has 2 aromatic carbocycles. The van der Waals surface area contributed by atoms with E-state index in [2.05, 4.69) is 36.1 Å². The first kappa shape index (κ1) is 24.0. The lowest BCUT2D eigenvalue weighted by Gasteiger charge is -2.34. The minimum absolute atomic E-state index is 0.0481. The monoisotopic (exact) mass is 566 g/mol. The minimum atomic E-state index is -0.158. The lowest BCUT2D eigenvalue weighted by atomic mass is 10.2. The normalized spacial score (nSPS) is 19.5. The van der Waals surface area contributed by atoms with Crippen LogP contribution in [-0.2, 0) is 11.3 Å². The second-order valence-corrected chi connectivity index (χ2v) is 10.0. The molecule has 1 N–H and O–H groups in total. The van der Waals surface area contributed by atoms with Crippen molar-refractivity contribution >= 4 is 45.1 Å². The summed E-state index contributed by atoms with van der Waals surface area (Å²) in [6.07, 6.45) is 1.71. The molecular formula is C26H27BrN6O4. The summed E-state index contributed by atoms with van der Waals surface area (Å²) >= 11 is 3.54. The number of fused-ring (bicyclic) bond motifs is 2. The number of morpholine rings is 1. The second-order valence-electron chi connectivity index (χ2n) is 9.17. The number of rotatable bonds is 5. The Kier molecular flexibility index (Phi) is 6.58. The Morgan fingerprint density at radius 3 is 2.81 bits per heavy atom. The number of carbonyl (C=O) groups is 1. The zero-order valence-electron chi connectivity index (χ0n) is 20.4. The number of nitrogens with zero attached hydrogens (tertiary/aromatic N) is 5. The minimum Gasteiger partial charge on any atom is -0.486 e. The van der Waals surface area contributed by atoms with E-state index in [9.17, 15) is 4.79 Å². The second kappa shape index (κ2) is 10.2. The Balaban J connectivity index is 1.17. The molecule has 3 aromatic rings. The van der Waals surface area contributed by atoms with Crippen molar-refractivity contribution in [3.63, 3.8) is 0 Å². The predicted octanol–water partition coefficient (Wildman–Crippen LogP) is 4.03. The molecular weight excluding hydrogens is 540 g/mol. The maximum atomic E-state index is 13.2. The molecule has 1 saturated heterocycles. The zero-order chi connectivity index (χ0) is 25.4. The van der Waals surface area contributed by atoms with Gasteiger partial charge in [0.15, 0.2) is 11.5 Å². The molecule has 0 radical (unpaired) electrons. The summed E-state index contributed by atoms with van der Waals surface area (Å²) in [5, 5.41) is 3.24. The highest BCUT2D eigenvalue weighted by molar-refractivity contribution is 9.10. The fourth-order valence-electron chi connectivity index (χ4n) is 4.71. The number of anilines is 4. The van der Waals surface area contributed by atoms with Crippen LogP contribution in [0.15, 0.2) is 53.1 Å². The van der Waals surface area contributed by atoms with Gasteiger partial charge in [-0.25, -0.2) is 9.78 Å². The van der Waals surface area contributed by atoms with E-state index in [0.717, 1.165) is 54.3 Å². The molecule has 192 valence electrons. The molecule has 2 amide bonds. The van der Waals surface area contributed by atoms with E-state index in [1.807, 2.05) is 42.5 Å². The van der Waals surface area contributed by atoms with E-state index in [4.69, 9.17) is 14.2 Å². The summed E-state index contributed by atoms with van der Waals surface area (Å²) in [7, 11) is 1.72. The van der Waals surface area contributed by atoms with Crippen molar-refractivity contribution in [2.45, 2.75) is 12.6 Å². The number of ether oxygens (including phenoxy) is 3. The molecule has 1 aromatic heterocycles. The third-order valence-corrected chi connectivity index (χ3v) is 7.30. The number of urea groups is 1. The van der Waals surface area contributed by atoms with Gasteiger partial charge in [0.25, 0.3) is 0 Å². The number of hydrogen-bond acceptors (Lipinski definition) is 8. The summed E-state index contributed by atoms with van der Waals surface area (Å²) in [4.78, 5) is 27.9. The van der Waals surface area contributed by atoms with E-state index in [-0.39, 0.29) is 12.1 Å². The Hall–Kier alpha value is -3.41. The standard InChI is InChI=1S/C26H27BrN6O4/c1-31-24-17(14-33(26(31)34)21-5-3-2-4-20(21)27)13-28-25(30-24)29-18-6-7-22-23(12-18)37-19(16-36-22)15-32-8-10-35-11-9-32/h2-7,12-13,19H,8-11,14-16H2,1H3,(H,28,29,30). The average Bonchev–Trinajstić information content (AvgIpc) is 2.92. The molecule has 1 fully saturated rings. The lowest BCUT2D eigenvalue weighted by molar-refractivity contribution is 0.00317. The first-order valence-electron chi connectivity index (χ1n) is 12.2. The van der Waals surface area contributed by atoms with Crippen LogP contribution in [-0.4, -0.2) is 73.5 Å². The first-order chi connectivity index (χ1) is 18.0. The first-order valence-corrected chi connectivity index (χ1v) is 13.0. The van der Waals surface area contributed by atoms with Crippen LogP contribution < -0.4 is 24.6 Å². The van der Waals surface area contributed by atoms with Gasteiger partial charge in [0.1, 0.15) is 18.5 Å². The maximum absolute atomic E-state index is 13.2. The third kappa shape index (κ3) is 4.94. The van der Waals surface area contributed by atoms with Gasteiger partial charge in [-0.1, -0.05) is 12.1 Å². The van der Waals surface area contributed by atoms with Crippen LogP contribution in [0, 0.1) is 0 Å². The fraction of sp³-hybridized carbons (Fsp3) is 0.346. The summed E-state index contributed by atoms with van der Waals surface area (Å²) in [5.41, 5.74) is 2.43. The molecule has 0 saturated carbocycles. The Morgan fingerprint density at radius 1 is 1.14 bits per heavy atom. The van der Waals surface area contributed by atoms with Crippen molar-refractivity contribution in [1.29, 1.82) is 0 Å². The van der Waals surface area contributed by atoms with Crippen LogP contribution in [0.1, 0.15) is 5.56 Å². The van der Waals surface area contributed by atoms with Crippen molar-refractivity contribution in [1.82, 2.24) is 14.9 Å². The molecule has 1 atom stereocenters. The van der Waals surface area contributed by atoms with Crippen molar-refractivity contribution in [2.75, 3.05) is 61.6 Å². The van der Waals surface area contributed by atoms with Crippen LogP contribution in [0.5, 0.6) is 11.5 Å². The molecule has 4 heterocycles. The van der Waals surface area contributed by atoms with Gasteiger partial charge in [-0.3, -0.25) is 14.7 Å². The van der Waals surface area contributed by atoms with Gasteiger partial charge in [0.2, 0.25) is 5.95 Å². The molecule has 3 aliphatic rings. The molecule has 3 aliphatic heterocycles. The molecule has 11 heteroatoms. The molecule has 6 rings (SSSR count). The number of hydrogen-bond donors (Lipinski definition) is 1. The Bertz CT molecular complexity index is 1320. The highest BCUT2D eigenvalue weighted by Gasteiger charge is 2.31. The van der Waals surface area contributed by atoms with Gasteiger partial charge < -0.3 is 19.5 Å². The largest absolute Gasteiger partial charge is 0.486 e. The smallest absolute Gasteiger partial charge is 0.330 e. The van der Waals surface area contributed by atoms with Crippen LogP contribution in [0.2, 0.25) is 0 Å². The number of benzene rings is 2. The van der Waals surface area contributed by atoms with Gasteiger partial charge in [-0.2, -0.15) is 4.98 Å². The lowest BCUT2D eigenvalue weighted by Crippen LogP contribution is -2.46. The Labute approximate surface area is 223 Å². The SMILES string of the molecule is CN1C(=O)N(c2ccccc2Br)Cc2cnc(Nc3ccc4c(c3)OC(CN3CCOCC3)CO4)nc21. The van der Waals surface area contributed by atoms with E-state index >= 15 is 0 Å². The van der Waals surface area contributed by atoms with E-state index < -0.39 is 0 Å². The van der Waals surface area contributed by atoms with E-state index in [1.165, 1.54) is 0 Å². The van der Waals surface area contributed by atoms with Crippen molar-refractivity contribution in [2.24, 2.45) is 0 Å². The highest BCUT2D eigenvalue weighted by Crippen LogP contribution is 2.36. The van der Waals surface area contributed by atoms with Gasteiger partial charge >= 0.3 is 6.03 Å². The molecule has 10 nitrogen and oxygen atoms in total. The zero-order valence-corrected chi connectivity index (χ0v) is 22.0. The van der Waals surface area contributed by atoms with Crippen molar-refractivity contribution < 1.29 is 19.0 Å². The van der Waals surface area contributed by atoms with E-state index in [1.54, 1.807) is 23.0 Å².